The van der Waals surface area contributed by atoms with Crippen LogP contribution in [-0.4, -0.2) is 40.4 Å². The zero-order valence-electron chi connectivity index (χ0n) is 9.27. The van der Waals surface area contributed by atoms with Gasteiger partial charge in [0.2, 0.25) is 0 Å². The summed E-state index contributed by atoms with van der Waals surface area (Å²) in [4.78, 5) is 21.9. The smallest absolute Gasteiger partial charge is 0.325 e. The molecule has 1 fully saturated rings. The van der Waals surface area contributed by atoms with E-state index in [2.05, 4.69) is 10.6 Å². The molecule has 92 valence electrons. The number of aliphatic hydroxyl groups excluding tert-OH is 1. The molecule has 0 aromatic carbocycles. The maximum atomic E-state index is 11.4. The number of nitrogens with one attached hydrogen (secondary N) is 2. The molecule has 16 heavy (non-hydrogen) atoms. The van der Waals surface area contributed by atoms with Crippen molar-refractivity contribution in [2.45, 2.75) is 50.8 Å². The lowest BCUT2D eigenvalue weighted by molar-refractivity contribution is -0.138. The number of hydrogen-bond donors (Lipinski definition) is 4. The van der Waals surface area contributed by atoms with Crippen LogP contribution < -0.4 is 10.6 Å². The van der Waals surface area contributed by atoms with Crippen LogP contribution in [0.3, 0.4) is 0 Å². The molecule has 6 nitrogen and oxygen atoms in total. The van der Waals surface area contributed by atoms with Crippen LogP contribution >= 0.6 is 0 Å². The molecule has 2 amide bonds. The summed E-state index contributed by atoms with van der Waals surface area (Å²) in [5.41, 5.74) is 0. The van der Waals surface area contributed by atoms with E-state index in [1.165, 1.54) is 6.92 Å². The standard InChI is InChI=1S/C10H18N2O4/c1-6(9(14)15)11-10(16)12-7-4-2-3-5-8(7)13/h6-8,13H,2-5H2,1H3,(H,14,15)(H2,11,12,16)/t6-,7?,8?/m1/s1. The highest BCUT2D eigenvalue weighted by atomic mass is 16.4. The summed E-state index contributed by atoms with van der Waals surface area (Å²) in [6, 6.07) is -1.74. The molecule has 0 aromatic heterocycles. The Kier molecular flexibility index (Phi) is 4.54. The molecule has 2 unspecified atom stereocenters. The van der Waals surface area contributed by atoms with Crippen molar-refractivity contribution in [1.29, 1.82) is 0 Å². The number of aliphatic carboxylic acids is 1. The van der Waals surface area contributed by atoms with E-state index in [1.807, 2.05) is 0 Å². The van der Waals surface area contributed by atoms with Crippen LogP contribution in [0.15, 0.2) is 0 Å². The maximum absolute atomic E-state index is 11.4. The predicted octanol–water partition coefficient (Wildman–Crippen LogP) is 0.0622. The Hall–Kier alpha value is -1.30. The fourth-order valence-corrected chi connectivity index (χ4v) is 1.75. The number of rotatable bonds is 3. The number of aliphatic hydroxyl groups is 1. The van der Waals surface area contributed by atoms with Crippen molar-refractivity contribution < 1.29 is 19.8 Å². The van der Waals surface area contributed by atoms with Crippen molar-refractivity contribution in [3.8, 4) is 0 Å². The first kappa shape index (κ1) is 12.8. The zero-order chi connectivity index (χ0) is 12.1. The molecule has 0 heterocycles. The lowest BCUT2D eigenvalue weighted by Gasteiger charge is -2.28. The Balaban J connectivity index is 2.35. The largest absolute Gasteiger partial charge is 0.480 e. The molecule has 1 aliphatic rings. The zero-order valence-corrected chi connectivity index (χ0v) is 9.27. The topological polar surface area (TPSA) is 98.7 Å². The Bertz CT molecular complexity index is 270. The molecule has 1 aliphatic carbocycles. The van der Waals surface area contributed by atoms with E-state index >= 15 is 0 Å². The second kappa shape index (κ2) is 5.69. The molecule has 3 atom stereocenters. The van der Waals surface area contributed by atoms with Crippen LogP contribution in [0, 0.1) is 0 Å². The lowest BCUT2D eigenvalue weighted by Crippen LogP contribution is -2.52. The number of carboxylic acids is 1. The van der Waals surface area contributed by atoms with Gasteiger partial charge >= 0.3 is 12.0 Å². The predicted molar refractivity (Wildman–Crippen MR) is 57.0 cm³/mol. The van der Waals surface area contributed by atoms with E-state index in [0.717, 1.165) is 19.3 Å². The summed E-state index contributed by atoms with van der Waals surface area (Å²) in [5.74, 6) is -1.08. The number of carbonyl (C=O) groups is 2. The fourth-order valence-electron chi connectivity index (χ4n) is 1.75. The van der Waals surface area contributed by atoms with Gasteiger partial charge in [0.25, 0.3) is 0 Å². The third kappa shape index (κ3) is 3.69. The van der Waals surface area contributed by atoms with Crippen LogP contribution in [0.5, 0.6) is 0 Å². The molecule has 0 radical (unpaired) electrons. The van der Waals surface area contributed by atoms with Gasteiger partial charge < -0.3 is 20.8 Å². The molecule has 0 aromatic rings. The number of hydrogen-bond acceptors (Lipinski definition) is 3. The molecule has 0 spiro atoms. The van der Waals surface area contributed by atoms with Gasteiger partial charge in [-0.3, -0.25) is 4.79 Å². The van der Waals surface area contributed by atoms with Crippen molar-refractivity contribution in [3.63, 3.8) is 0 Å². The molecule has 4 N–H and O–H groups in total. The third-order valence-corrected chi connectivity index (χ3v) is 2.76. The summed E-state index contributed by atoms with van der Waals surface area (Å²) in [6.45, 7) is 1.39. The van der Waals surface area contributed by atoms with Gasteiger partial charge in [0.1, 0.15) is 6.04 Å². The van der Waals surface area contributed by atoms with Crippen LogP contribution in [0.1, 0.15) is 32.6 Å². The van der Waals surface area contributed by atoms with Crippen molar-refractivity contribution >= 4 is 12.0 Å². The minimum absolute atomic E-state index is 0.269. The summed E-state index contributed by atoms with van der Waals surface area (Å²) in [6.07, 6.45) is 2.82. The minimum atomic E-state index is -1.08. The van der Waals surface area contributed by atoms with Crippen molar-refractivity contribution in [1.82, 2.24) is 10.6 Å². The summed E-state index contributed by atoms with van der Waals surface area (Å²) in [7, 11) is 0. The second-order valence-electron chi connectivity index (χ2n) is 4.14. The normalized spacial score (nSPS) is 26.9. The van der Waals surface area contributed by atoms with Crippen LogP contribution in [0.2, 0.25) is 0 Å². The molecular weight excluding hydrogens is 212 g/mol. The Morgan fingerprint density at radius 1 is 1.31 bits per heavy atom. The molecule has 1 rings (SSSR count). The highest BCUT2D eigenvalue weighted by Crippen LogP contribution is 2.18. The lowest BCUT2D eigenvalue weighted by atomic mass is 9.93. The highest BCUT2D eigenvalue weighted by Gasteiger charge is 2.25. The first-order valence-corrected chi connectivity index (χ1v) is 5.48. The van der Waals surface area contributed by atoms with E-state index in [0.29, 0.717) is 6.42 Å². The fraction of sp³-hybridized carbons (Fsp3) is 0.800. The van der Waals surface area contributed by atoms with E-state index < -0.39 is 24.1 Å². The number of carbonyl (C=O) groups excluding carboxylic acids is 1. The number of carboxylic acid groups (broad SMARTS) is 1. The average molecular weight is 230 g/mol. The van der Waals surface area contributed by atoms with Crippen LogP contribution in [0.25, 0.3) is 0 Å². The summed E-state index contributed by atoms with van der Waals surface area (Å²) >= 11 is 0. The van der Waals surface area contributed by atoms with Crippen molar-refractivity contribution in [2.75, 3.05) is 0 Å². The molecule has 1 saturated carbocycles. The third-order valence-electron chi connectivity index (χ3n) is 2.76. The van der Waals surface area contributed by atoms with Gasteiger partial charge in [0.05, 0.1) is 12.1 Å². The van der Waals surface area contributed by atoms with Gasteiger partial charge in [0, 0.05) is 0 Å². The molecule has 0 saturated heterocycles. The first-order valence-electron chi connectivity index (χ1n) is 5.48. The maximum Gasteiger partial charge on any atom is 0.325 e. The SMILES string of the molecule is C[C@@H](NC(=O)NC1CCCCC1O)C(=O)O. The summed E-state index contributed by atoms with van der Waals surface area (Å²) in [5, 5.41) is 23.1. The summed E-state index contributed by atoms with van der Waals surface area (Å²) < 4.78 is 0. The van der Waals surface area contributed by atoms with Crippen LogP contribution in [-0.2, 0) is 4.79 Å². The Morgan fingerprint density at radius 2 is 1.94 bits per heavy atom. The van der Waals surface area contributed by atoms with E-state index in [9.17, 15) is 14.7 Å². The number of urea groups is 1. The number of amides is 2. The Labute approximate surface area is 94.0 Å². The molecule has 0 bridgehead atoms. The molecule has 0 aliphatic heterocycles. The van der Waals surface area contributed by atoms with Gasteiger partial charge in [-0.2, -0.15) is 0 Å². The second-order valence-corrected chi connectivity index (χ2v) is 4.14. The molecular formula is C10H18N2O4. The van der Waals surface area contributed by atoms with Gasteiger partial charge in [-0.25, -0.2) is 4.79 Å². The highest BCUT2D eigenvalue weighted by molar-refractivity contribution is 5.82. The quantitative estimate of drug-likeness (QED) is 0.551. The monoisotopic (exact) mass is 230 g/mol. The molecule has 6 heteroatoms. The van der Waals surface area contributed by atoms with E-state index in [-0.39, 0.29) is 6.04 Å². The first-order chi connectivity index (χ1) is 7.50. The van der Waals surface area contributed by atoms with Crippen LogP contribution in [0.4, 0.5) is 4.79 Å². The van der Waals surface area contributed by atoms with E-state index in [1.54, 1.807) is 0 Å². The Morgan fingerprint density at radius 3 is 2.50 bits per heavy atom. The van der Waals surface area contributed by atoms with Gasteiger partial charge in [-0.1, -0.05) is 12.8 Å². The minimum Gasteiger partial charge on any atom is -0.480 e. The van der Waals surface area contributed by atoms with Crippen molar-refractivity contribution in [2.24, 2.45) is 0 Å². The van der Waals surface area contributed by atoms with Crippen molar-refractivity contribution in [3.05, 3.63) is 0 Å². The van der Waals surface area contributed by atoms with Gasteiger partial charge in [0.15, 0.2) is 0 Å². The van der Waals surface area contributed by atoms with Gasteiger partial charge in [-0.05, 0) is 19.8 Å². The van der Waals surface area contributed by atoms with Gasteiger partial charge in [-0.15, -0.1) is 0 Å². The van der Waals surface area contributed by atoms with E-state index in [4.69, 9.17) is 5.11 Å². The average Bonchev–Trinajstić information content (AvgIpc) is 2.21.